The smallest absolute Gasteiger partial charge is 0.113 e. The Balaban J connectivity index is 2.40. The predicted octanol–water partition coefficient (Wildman–Crippen LogP) is 3.95. The highest BCUT2D eigenvalue weighted by molar-refractivity contribution is 7.10. The summed E-state index contributed by atoms with van der Waals surface area (Å²) in [4.78, 5) is 1.01. The summed E-state index contributed by atoms with van der Waals surface area (Å²) in [5.41, 5.74) is 2.25. The first kappa shape index (κ1) is 11.4. The minimum absolute atomic E-state index is 0.436. The maximum absolute atomic E-state index is 10.3. The Kier molecular flexibility index (Phi) is 3.42. The van der Waals surface area contributed by atoms with E-state index in [9.17, 15) is 5.11 Å². The van der Waals surface area contributed by atoms with E-state index in [-0.39, 0.29) is 0 Å². The molecule has 0 amide bonds. The molecule has 0 radical (unpaired) electrons. The van der Waals surface area contributed by atoms with Gasteiger partial charge in [0.05, 0.1) is 0 Å². The summed E-state index contributed by atoms with van der Waals surface area (Å²) in [5, 5.41) is 12.3. The zero-order chi connectivity index (χ0) is 11.5. The molecule has 0 spiro atoms. The average Bonchev–Trinajstić information content (AvgIpc) is 2.81. The Morgan fingerprint density at radius 2 is 1.69 bits per heavy atom. The van der Waals surface area contributed by atoms with Crippen LogP contribution >= 0.6 is 11.3 Å². The van der Waals surface area contributed by atoms with E-state index in [2.05, 4.69) is 19.9 Å². The largest absolute Gasteiger partial charge is 0.383 e. The molecule has 0 saturated carbocycles. The molecular formula is C14H16OS. The number of rotatable bonds is 3. The summed E-state index contributed by atoms with van der Waals surface area (Å²) < 4.78 is 0. The van der Waals surface area contributed by atoms with Gasteiger partial charge in [-0.25, -0.2) is 0 Å². The van der Waals surface area contributed by atoms with E-state index in [0.717, 1.165) is 10.4 Å². The molecule has 1 aromatic carbocycles. The van der Waals surface area contributed by atoms with Gasteiger partial charge >= 0.3 is 0 Å². The predicted molar refractivity (Wildman–Crippen MR) is 68.9 cm³/mol. The molecule has 1 nitrogen and oxygen atoms in total. The monoisotopic (exact) mass is 232 g/mol. The fourth-order valence-electron chi connectivity index (χ4n) is 1.89. The van der Waals surface area contributed by atoms with Gasteiger partial charge in [0, 0.05) is 4.88 Å². The number of aliphatic hydroxyl groups is 1. The summed E-state index contributed by atoms with van der Waals surface area (Å²) in [5.74, 6) is 0.436. The number of aliphatic hydroxyl groups excluding tert-OH is 1. The minimum Gasteiger partial charge on any atom is -0.383 e. The summed E-state index contributed by atoms with van der Waals surface area (Å²) >= 11 is 1.60. The van der Waals surface area contributed by atoms with Gasteiger partial charge in [0.1, 0.15) is 6.10 Å². The van der Waals surface area contributed by atoms with Gasteiger partial charge in [0.15, 0.2) is 0 Å². The molecule has 0 bridgehead atoms. The molecule has 0 aliphatic rings. The lowest BCUT2D eigenvalue weighted by atomic mass is 9.93. The van der Waals surface area contributed by atoms with E-state index < -0.39 is 6.10 Å². The summed E-state index contributed by atoms with van der Waals surface area (Å²) in [7, 11) is 0. The van der Waals surface area contributed by atoms with Gasteiger partial charge < -0.3 is 5.11 Å². The van der Waals surface area contributed by atoms with Crippen LogP contribution in [-0.2, 0) is 0 Å². The lowest BCUT2D eigenvalue weighted by Gasteiger charge is -2.16. The van der Waals surface area contributed by atoms with Crippen molar-refractivity contribution in [1.82, 2.24) is 0 Å². The van der Waals surface area contributed by atoms with Crippen molar-refractivity contribution in [3.63, 3.8) is 0 Å². The lowest BCUT2D eigenvalue weighted by molar-refractivity contribution is 0.222. The van der Waals surface area contributed by atoms with Gasteiger partial charge in [-0.3, -0.25) is 0 Å². The molecule has 0 aliphatic carbocycles. The zero-order valence-corrected chi connectivity index (χ0v) is 10.4. The van der Waals surface area contributed by atoms with Gasteiger partial charge in [-0.1, -0.05) is 44.2 Å². The first-order valence-electron chi connectivity index (χ1n) is 5.50. The second-order valence-electron chi connectivity index (χ2n) is 4.20. The molecule has 1 heterocycles. The normalized spacial score (nSPS) is 13.0. The third kappa shape index (κ3) is 2.18. The zero-order valence-electron chi connectivity index (χ0n) is 9.55. The quantitative estimate of drug-likeness (QED) is 0.849. The summed E-state index contributed by atoms with van der Waals surface area (Å²) in [6.07, 6.45) is -0.487. The van der Waals surface area contributed by atoms with Crippen molar-refractivity contribution in [3.05, 3.63) is 57.8 Å². The highest BCUT2D eigenvalue weighted by Gasteiger charge is 2.16. The van der Waals surface area contributed by atoms with Crippen molar-refractivity contribution in [2.75, 3.05) is 0 Å². The van der Waals surface area contributed by atoms with Gasteiger partial charge in [0.25, 0.3) is 0 Å². The fourth-order valence-corrected chi connectivity index (χ4v) is 2.61. The Hall–Kier alpha value is -1.12. The van der Waals surface area contributed by atoms with Crippen LogP contribution in [0.5, 0.6) is 0 Å². The van der Waals surface area contributed by atoms with Gasteiger partial charge in [0.2, 0.25) is 0 Å². The summed E-state index contributed by atoms with van der Waals surface area (Å²) in [6, 6.07) is 12.1. The first-order chi connectivity index (χ1) is 7.70. The Bertz CT molecular complexity index is 446. The highest BCUT2D eigenvalue weighted by Crippen LogP contribution is 2.31. The second kappa shape index (κ2) is 4.81. The summed E-state index contributed by atoms with van der Waals surface area (Å²) in [6.45, 7) is 4.31. The van der Waals surface area contributed by atoms with Crippen LogP contribution < -0.4 is 0 Å². The van der Waals surface area contributed by atoms with Gasteiger partial charge in [-0.15, -0.1) is 11.3 Å². The van der Waals surface area contributed by atoms with Crippen LogP contribution in [0.4, 0.5) is 0 Å². The van der Waals surface area contributed by atoms with E-state index in [0.29, 0.717) is 5.92 Å². The Labute approximate surface area is 100 Å². The van der Waals surface area contributed by atoms with Crippen LogP contribution in [0.25, 0.3) is 0 Å². The maximum atomic E-state index is 10.3. The number of benzene rings is 1. The van der Waals surface area contributed by atoms with Crippen LogP contribution in [0.3, 0.4) is 0 Å². The minimum atomic E-state index is -0.487. The highest BCUT2D eigenvalue weighted by atomic mass is 32.1. The van der Waals surface area contributed by atoms with Gasteiger partial charge in [-0.2, -0.15) is 0 Å². The molecule has 1 aromatic heterocycles. The van der Waals surface area contributed by atoms with Crippen LogP contribution in [0, 0.1) is 0 Å². The van der Waals surface area contributed by atoms with Crippen molar-refractivity contribution in [2.45, 2.75) is 25.9 Å². The van der Waals surface area contributed by atoms with E-state index in [1.165, 1.54) is 5.56 Å². The van der Waals surface area contributed by atoms with Gasteiger partial charge in [-0.05, 0) is 28.5 Å². The van der Waals surface area contributed by atoms with E-state index in [1.807, 2.05) is 35.7 Å². The molecule has 1 N–H and O–H groups in total. The number of hydrogen-bond acceptors (Lipinski definition) is 2. The Morgan fingerprint density at radius 3 is 2.25 bits per heavy atom. The van der Waals surface area contributed by atoms with E-state index in [4.69, 9.17) is 0 Å². The molecule has 2 heteroatoms. The van der Waals surface area contributed by atoms with E-state index in [1.54, 1.807) is 11.3 Å². The van der Waals surface area contributed by atoms with Crippen LogP contribution in [0.1, 0.15) is 41.9 Å². The molecule has 0 saturated heterocycles. The second-order valence-corrected chi connectivity index (χ2v) is 5.18. The molecule has 16 heavy (non-hydrogen) atoms. The van der Waals surface area contributed by atoms with Crippen LogP contribution in [0.2, 0.25) is 0 Å². The molecule has 0 aliphatic heterocycles. The Morgan fingerprint density at radius 1 is 1.00 bits per heavy atom. The molecular weight excluding hydrogens is 216 g/mol. The number of hydrogen-bond donors (Lipinski definition) is 1. The van der Waals surface area contributed by atoms with Crippen molar-refractivity contribution >= 4 is 11.3 Å². The van der Waals surface area contributed by atoms with Crippen molar-refractivity contribution in [2.24, 2.45) is 0 Å². The number of thiophene rings is 1. The molecule has 1 atom stereocenters. The van der Waals surface area contributed by atoms with Crippen molar-refractivity contribution in [1.29, 1.82) is 0 Å². The standard InChI is InChI=1S/C14H16OS/c1-10(2)11-6-3-4-7-12(11)14(15)13-8-5-9-16-13/h3-10,14-15H,1-2H3/t14-/m1/s1. The SMILES string of the molecule is CC(C)c1ccccc1[C@@H](O)c1cccs1. The van der Waals surface area contributed by atoms with Crippen LogP contribution in [-0.4, -0.2) is 5.11 Å². The van der Waals surface area contributed by atoms with Crippen molar-refractivity contribution in [3.8, 4) is 0 Å². The first-order valence-corrected chi connectivity index (χ1v) is 6.38. The molecule has 84 valence electrons. The average molecular weight is 232 g/mol. The van der Waals surface area contributed by atoms with Crippen LogP contribution in [0.15, 0.2) is 41.8 Å². The third-order valence-corrected chi connectivity index (χ3v) is 3.65. The third-order valence-electron chi connectivity index (χ3n) is 2.73. The maximum Gasteiger partial charge on any atom is 0.113 e. The topological polar surface area (TPSA) is 20.2 Å². The molecule has 0 unspecified atom stereocenters. The molecule has 2 rings (SSSR count). The van der Waals surface area contributed by atoms with E-state index >= 15 is 0 Å². The fraction of sp³-hybridized carbons (Fsp3) is 0.286. The lowest BCUT2D eigenvalue weighted by Crippen LogP contribution is -2.03. The van der Waals surface area contributed by atoms with Crippen molar-refractivity contribution < 1.29 is 5.11 Å². The molecule has 0 fully saturated rings. The molecule has 2 aromatic rings.